The molecule has 0 unspecified atom stereocenters. The minimum absolute atomic E-state index is 0.0507. The first-order valence-corrected chi connectivity index (χ1v) is 10.7. The molecule has 0 radical (unpaired) electrons. The van der Waals surface area contributed by atoms with Gasteiger partial charge in [0.2, 0.25) is 5.91 Å². The lowest BCUT2D eigenvalue weighted by molar-refractivity contribution is -0.113. The number of thioether (sulfide) groups is 1. The molecule has 8 heteroatoms. The van der Waals surface area contributed by atoms with Crippen molar-refractivity contribution in [1.29, 1.82) is 0 Å². The topological polar surface area (TPSA) is 80.1 Å². The van der Waals surface area contributed by atoms with Crippen molar-refractivity contribution in [2.75, 3.05) is 17.6 Å². The summed E-state index contributed by atoms with van der Waals surface area (Å²) < 4.78 is 1.76. The number of amides is 2. The van der Waals surface area contributed by atoms with Crippen molar-refractivity contribution in [1.82, 2.24) is 19.7 Å². The lowest BCUT2D eigenvalue weighted by Crippen LogP contribution is -2.31. The molecule has 30 heavy (non-hydrogen) atoms. The second kappa shape index (κ2) is 10.6. The Hall–Kier alpha value is -3.13. The number of anilines is 1. The molecule has 1 heterocycles. The van der Waals surface area contributed by atoms with Crippen LogP contribution in [0.15, 0.2) is 66.1 Å². The van der Waals surface area contributed by atoms with Gasteiger partial charge in [-0.05, 0) is 30.2 Å². The van der Waals surface area contributed by atoms with Crippen LogP contribution in [-0.2, 0) is 18.4 Å². The van der Waals surface area contributed by atoms with Gasteiger partial charge in [-0.2, -0.15) is 0 Å². The molecule has 3 rings (SSSR count). The molecule has 156 valence electrons. The fourth-order valence-corrected chi connectivity index (χ4v) is 3.66. The minimum Gasteiger partial charge on any atom is -0.334 e. The van der Waals surface area contributed by atoms with E-state index in [0.717, 1.165) is 12.0 Å². The highest BCUT2D eigenvalue weighted by Gasteiger charge is 2.16. The Balaban J connectivity index is 1.64. The summed E-state index contributed by atoms with van der Waals surface area (Å²) >= 11 is 1.31. The number of rotatable bonds is 9. The molecule has 0 saturated carbocycles. The lowest BCUT2D eigenvalue weighted by Gasteiger charge is -2.22. The van der Waals surface area contributed by atoms with Gasteiger partial charge in [0.25, 0.3) is 5.91 Å². The van der Waals surface area contributed by atoms with Gasteiger partial charge in [0.1, 0.15) is 6.33 Å². The molecule has 0 atom stereocenters. The molecule has 2 amide bonds. The second-order valence-electron chi connectivity index (χ2n) is 6.85. The Morgan fingerprint density at radius 3 is 2.63 bits per heavy atom. The summed E-state index contributed by atoms with van der Waals surface area (Å²) in [6.07, 6.45) is 2.46. The number of benzene rings is 2. The average Bonchev–Trinajstić information content (AvgIpc) is 3.17. The van der Waals surface area contributed by atoms with Gasteiger partial charge in [-0.1, -0.05) is 55.1 Å². The highest BCUT2D eigenvalue weighted by molar-refractivity contribution is 7.99. The van der Waals surface area contributed by atoms with Crippen LogP contribution in [0.5, 0.6) is 0 Å². The Morgan fingerprint density at radius 2 is 1.93 bits per heavy atom. The molecule has 7 nitrogen and oxygen atoms in total. The van der Waals surface area contributed by atoms with Crippen LogP contribution in [0, 0.1) is 0 Å². The van der Waals surface area contributed by atoms with Crippen molar-refractivity contribution in [3.05, 3.63) is 72.1 Å². The number of nitrogens with zero attached hydrogens (tertiary/aromatic N) is 4. The Kier molecular flexibility index (Phi) is 7.62. The van der Waals surface area contributed by atoms with E-state index in [4.69, 9.17) is 0 Å². The molecule has 0 aliphatic heterocycles. The van der Waals surface area contributed by atoms with Crippen LogP contribution in [0.2, 0.25) is 0 Å². The van der Waals surface area contributed by atoms with E-state index in [1.165, 1.54) is 11.8 Å². The molecule has 0 aliphatic rings. The lowest BCUT2D eigenvalue weighted by atomic mass is 10.1. The first kappa shape index (κ1) is 21.6. The Labute approximate surface area is 180 Å². The van der Waals surface area contributed by atoms with Gasteiger partial charge in [0.15, 0.2) is 5.16 Å². The van der Waals surface area contributed by atoms with Crippen molar-refractivity contribution in [3.8, 4) is 0 Å². The van der Waals surface area contributed by atoms with Gasteiger partial charge in [-0.15, -0.1) is 10.2 Å². The number of hydrogen-bond acceptors (Lipinski definition) is 5. The van der Waals surface area contributed by atoms with Crippen LogP contribution in [0.1, 0.15) is 29.3 Å². The zero-order chi connectivity index (χ0) is 21.3. The summed E-state index contributed by atoms with van der Waals surface area (Å²) in [4.78, 5) is 27.2. The SMILES string of the molecule is CCCN(Cc1ccccc1)C(=O)c1cccc(NC(=O)CSc2nncn2C)c1. The van der Waals surface area contributed by atoms with Gasteiger partial charge in [-0.3, -0.25) is 9.59 Å². The number of nitrogens with one attached hydrogen (secondary N) is 1. The summed E-state index contributed by atoms with van der Waals surface area (Å²) in [5.41, 5.74) is 2.24. The van der Waals surface area contributed by atoms with Crippen LogP contribution in [0.25, 0.3) is 0 Å². The molecule has 2 aromatic carbocycles. The number of hydrogen-bond donors (Lipinski definition) is 1. The van der Waals surface area contributed by atoms with E-state index in [0.29, 0.717) is 29.5 Å². The third-order valence-electron chi connectivity index (χ3n) is 4.39. The van der Waals surface area contributed by atoms with Gasteiger partial charge in [0.05, 0.1) is 5.75 Å². The van der Waals surface area contributed by atoms with Crippen LogP contribution >= 0.6 is 11.8 Å². The summed E-state index contributed by atoms with van der Waals surface area (Å²) in [5, 5.41) is 11.3. The predicted octanol–water partition coefficient (Wildman–Crippen LogP) is 3.60. The van der Waals surface area contributed by atoms with E-state index in [1.807, 2.05) is 42.3 Å². The van der Waals surface area contributed by atoms with Gasteiger partial charge < -0.3 is 14.8 Å². The highest BCUT2D eigenvalue weighted by Crippen LogP contribution is 2.17. The quantitative estimate of drug-likeness (QED) is 0.532. The van der Waals surface area contributed by atoms with Crippen LogP contribution < -0.4 is 5.32 Å². The van der Waals surface area contributed by atoms with Crippen molar-refractivity contribution in [2.24, 2.45) is 7.05 Å². The van der Waals surface area contributed by atoms with Crippen molar-refractivity contribution < 1.29 is 9.59 Å². The van der Waals surface area contributed by atoms with Gasteiger partial charge in [-0.25, -0.2) is 0 Å². The van der Waals surface area contributed by atoms with E-state index < -0.39 is 0 Å². The normalized spacial score (nSPS) is 10.6. The minimum atomic E-state index is -0.165. The van der Waals surface area contributed by atoms with E-state index in [-0.39, 0.29) is 17.6 Å². The molecule has 1 N–H and O–H groups in total. The van der Waals surface area contributed by atoms with Crippen molar-refractivity contribution >= 4 is 29.3 Å². The maximum atomic E-state index is 13.1. The molecule has 3 aromatic rings. The number of carbonyl (C=O) groups is 2. The molecule has 0 fully saturated rings. The summed E-state index contributed by atoms with van der Waals surface area (Å²) in [5.74, 6) is -0.00622. The molecule has 0 spiro atoms. The van der Waals surface area contributed by atoms with E-state index in [2.05, 4.69) is 22.4 Å². The summed E-state index contributed by atoms with van der Waals surface area (Å²) in [6, 6.07) is 17.0. The maximum Gasteiger partial charge on any atom is 0.254 e. The van der Waals surface area contributed by atoms with E-state index >= 15 is 0 Å². The largest absolute Gasteiger partial charge is 0.334 e. The highest BCUT2D eigenvalue weighted by atomic mass is 32.2. The van der Waals surface area contributed by atoms with Crippen molar-refractivity contribution in [2.45, 2.75) is 25.0 Å². The van der Waals surface area contributed by atoms with Crippen LogP contribution in [-0.4, -0.2) is 43.8 Å². The molecule has 0 aliphatic carbocycles. The first-order chi connectivity index (χ1) is 14.6. The Morgan fingerprint density at radius 1 is 1.13 bits per heavy atom. The first-order valence-electron chi connectivity index (χ1n) is 9.76. The van der Waals surface area contributed by atoms with Crippen LogP contribution in [0.3, 0.4) is 0 Å². The fraction of sp³-hybridized carbons (Fsp3) is 0.273. The summed E-state index contributed by atoms with van der Waals surface area (Å²) in [6.45, 7) is 3.27. The zero-order valence-electron chi connectivity index (χ0n) is 17.1. The van der Waals surface area contributed by atoms with Gasteiger partial charge in [0, 0.05) is 31.4 Å². The smallest absolute Gasteiger partial charge is 0.254 e. The van der Waals surface area contributed by atoms with E-state index in [1.54, 1.807) is 35.2 Å². The molecule has 0 bridgehead atoms. The maximum absolute atomic E-state index is 13.1. The average molecular weight is 424 g/mol. The molecular weight excluding hydrogens is 398 g/mol. The van der Waals surface area contributed by atoms with Crippen molar-refractivity contribution in [3.63, 3.8) is 0 Å². The number of carbonyl (C=O) groups excluding carboxylic acids is 2. The number of aryl methyl sites for hydroxylation is 1. The zero-order valence-corrected chi connectivity index (χ0v) is 17.9. The molecular formula is C22H25N5O2S. The van der Waals surface area contributed by atoms with Gasteiger partial charge >= 0.3 is 0 Å². The summed E-state index contributed by atoms with van der Waals surface area (Å²) in [7, 11) is 1.83. The second-order valence-corrected chi connectivity index (χ2v) is 7.80. The van der Waals surface area contributed by atoms with Crippen LogP contribution in [0.4, 0.5) is 5.69 Å². The predicted molar refractivity (Wildman–Crippen MR) is 118 cm³/mol. The third-order valence-corrected chi connectivity index (χ3v) is 5.43. The third kappa shape index (κ3) is 5.93. The van der Waals surface area contributed by atoms with E-state index in [9.17, 15) is 9.59 Å². The fourth-order valence-electron chi connectivity index (χ4n) is 2.97. The molecule has 0 saturated heterocycles. The molecule has 1 aromatic heterocycles. The Bertz CT molecular complexity index is 990. The standard InChI is InChI=1S/C22H25N5O2S/c1-3-12-27(14-17-8-5-4-6-9-17)21(29)18-10-7-11-19(13-18)24-20(28)15-30-22-25-23-16-26(22)2/h4-11,13,16H,3,12,14-15H2,1-2H3,(H,24,28). The monoisotopic (exact) mass is 423 g/mol. The number of aromatic nitrogens is 3.